The first-order valence-corrected chi connectivity index (χ1v) is 8.96. The summed E-state index contributed by atoms with van der Waals surface area (Å²) in [5, 5.41) is 2.84. The smallest absolute Gasteiger partial charge is 0.237 e. The number of hydrogen-bond acceptors (Lipinski definition) is 4. The SMILES string of the molecule is CC(C)OCCS(=O)(=O)N1CC2(C1)C(=O)Nc1ccccc12. The van der Waals surface area contributed by atoms with E-state index in [0.29, 0.717) is 0 Å². The van der Waals surface area contributed by atoms with Gasteiger partial charge in [0.1, 0.15) is 5.41 Å². The number of amides is 1. The molecule has 0 atom stereocenters. The Balaban J connectivity index is 1.70. The van der Waals surface area contributed by atoms with Gasteiger partial charge in [-0.15, -0.1) is 0 Å². The summed E-state index contributed by atoms with van der Waals surface area (Å²) in [6.45, 7) is 4.32. The standard InChI is InChI=1S/C15H20N2O4S/c1-11(2)21-7-8-22(19,20)17-9-15(10-17)12-5-3-4-6-13(12)16-14(15)18/h3-6,11H,7-10H2,1-2H3,(H,16,18). The summed E-state index contributed by atoms with van der Waals surface area (Å²) in [5.74, 6) is -0.163. The van der Waals surface area contributed by atoms with Crippen molar-refractivity contribution in [3.8, 4) is 0 Å². The topological polar surface area (TPSA) is 75.7 Å². The number of nitrogens with one attached hydrogen (secondary N) is 1. The average molecular weight is 324 g/mol. The first-order valence-electron chi connectivity index (χ1n) is 7.35. The van der Waals surface area contributed by atoms with Crippen molar-refractivity contribution in [3.63, 3.8) is 0 Å². The number of fused-ring (bicyclic) bond motifs is 2. The van der Waals surface area contributed by atoms with E-state index in [0.717, 1.165) is 11.3 Å². The molecule has 2 aliphatic heterocycles. The molecular weight excluding hydrogens is 304 g/mol. The first kappa shape index (κ1) is 15.5. The third kappa shape index (κ3) is 2.43. The van der Waals surface area contributed by atoms with Gasteiger partial charge < -0.3 is 10.1 Å². The number of anilines is 1. The molecule has 2 aliphatic rings. The van der Waals surface area contributed by atoms with Crippen molar-refractivity contribution >= 4 is 21.6 Å². The summed E-state index contributed by atoms with van der Waals surface area (Å²) < 4.78 is 31.2. The number of carbonyl (C=O) groups is 1. The molecule has 1 aromatic carbocycles. The van der Waals surface area contributed by atoms with Gasteiger partial charge in [-0.1, -0.05) is 18.2 Å². The lowest BCUT2D eigenvalue weighted by Gasteiger charge is -2.45. The maximum atomic E-state index is 12.3. The normalized spacial score (nSPS) is 20.0. The molecule has 7 heteroatoms. The van der Waals surface area contributed by atoms with Gasteiger partial charge in [-0.25, -0.2) is 8.42 Å². The van der Waals surface area contributed by atoms with Gasteiger partial charge in [0.05, 0.1) is 18.5 Å². The maximum Gasteiger partial charge on any atom is 0.237 e. The van der Waals surface area contributed by atoms with Crippen LogP contribution in [0.5, 0.6) is 0 Å². The molecule has 0 saturated carbocycles. The molecule has 1 N–H and O–H groups in total. The highest BCUT2D eigenvalue weighted by atomic mass is 32.2. The van der Waals surface area contributed by atoms with Crippen molar-refractivity contribution in [1.82, 2.24) is 4.31 Å². The number of benzene rings is 1. The minimum absolute atomic E-state index is 0.00502. The lowest BCUT2D eigenvalue weighted by molar-refractivity contribution is -0.124. The summed E-state index contributed by atoms with van der Waals surface area (Å²) in [6.07, 6.45) is 0.00502. The summed E-state index contributed by atoms with van der Waals surface area (Å²) in [4.78, 5) is 12.3. The van der Waals surface area contributed by atoms with Gasteiger partial charge in [-0.3, -0.25) is 4.79 Å². The number of hydrogen-bond donors (Lipinski definition) is 1. The van der Waals surface area contributed by atoms with Crippen LogP contribution in [0.3, 0.4) is 0 Å². The molecular formula is C15H20N2O4S. The van der Waals surface area contributed by atoms with Gasteiger partial charge in [0, 0.05) is 18.8 Å². The predicted molar refractivity (Wildman–Crippen MR) is 83.2 cm³/mol. The minimum Gasteiger partial charge on any atom is -0.378 e. The van der Waals surface area contributed by atoms with Crippen LogP contribution in [-0.4, -0.2) is 50.2 Å². The van der Waals surface area contributed by atoms with Crippen LogP contribution in [0.15, 0.2) is 24.3 Å². The fourth-order valence-electron chi connectivity index (χ4n) is 2.96. The summed E-state index contributed by atoms with van der Waals surface area (Å²) in [6, 6.07) is 7.46. The molecule has 6 nitrogen and oxygen atoms in total. The van der Waals surface area contributed by atoms with Crippen LogP contribution >= 0.6 is 0 Å². The monoisotopic (exact) mass is 324 g/mol. The van der Waals surface area contributed by atoms with E-state index in [-0.39, 0.29) is 37.5 Å². The number of rotatable bonds is 5. The summed E-state index contributed by atoms with van der Waals surface area (Å²) in [5.41, 5.74) is 0.959. The van der Waals surface area contributed by atoms with E-state index in [1.807, 2.05) is 38.1 Å². The second-order valence-corrected chi connectivity index (χ2v) is 8.17. The molecule has 1 spiro atoms. The number of nitrogens with zero attached hydrogens (tertiary/aromatic N) is 1. The highest BCUT2D eigenvalue weighted by molar-refractivity contribution is 7.89. The zero-order valence-corrected chi connectivity index (χ0v) is 13.5. The minimum atomic E-state index is -3.38. The Hall–Kier alpha value is -1.44. The number of para-hydroxylation sites is 1. The lowest BCUT2D eigenvalue weighted by Crippen LogP contribution is -2.64. The molecule has 1 amide bonds. The molecule has 0 unspecified atom stereocenters. The van der Waals surface area contributed by atoms with Gasteiger partial charge in [0.2, 0.25) is 15.9 Å². The Morgan fingerprint density at radius 2 is 2.00 bits per heavy atom. The Morgan fingerprint density at radius 3 is 2.68 bits per heavy atom. The van der Waals surface area contributed by atoms with Crippen molar-refractivity contribution in [3.05, 3.63) is 29.8 Å². The second-order valence-electron chi connectivity index (χ2n) is 6.09. The van der Waals surface area contributed by atoms with Crippen molar-refractivity contribution in [2.45, 2.75) is 25.4 Å². The fraction of sp³-hybridized carbons (Fsp3) is 0.533. The highest BCUT2D eigenvalue weighted by Gasteiger charge is 2.57. The number of sulfonamides is 1. The largest absolute Gasteiger partial charge is 0.378 e. The first-order chi connectivity index (χ1) is 10.3. The van der Waals surface area contributed by atoms with Crippen LogP contribution in [0, 0.1) is 0 Å². The molecule has 0 aromatic heterocycles. The zero-order chi connectivity index (χ0) is 16.0. The fourth-order valence-corrected chi connectivity index (χ4v) is 4.36. The predicted octanol–water partition coefficient (Wildman–Crippen LogP) is 0.947. The molecule has 2 heterocycles. The summed E-state index contributed by atoms with van der Waals surface area (Å²) >= 11 is 0. The highest BCUT2D eigenvalue weighted by Crippen LogP contribution is 2.44. The summed E-state index contributed by atoms with van der Waals surface area (Å²) in [7, 11) is -3.38. The molecule has 22 heavy (non-hydrogen) atoms. The van der Waals surface area contributed by atoms with Crippen molar-refractivity contribution < 1.29 is 17.9 Å². The van der Waals surface area contributed by atoms with E-state index < -0.39 is 15.4 Å². The van der Waals surface area contributed by atoms with Crippen molar-refractivity contribution in [2.24, 2.45) is 0 Å². The molecule has 0 aliphatic carbocycles. The van der Waals surface area contributed by atoms with Crippen LogP contribution < -0.4 is 5.32 Å². The van der Waals surface area contributed by atoms with Gasteiger partial charge in [0.15, 0.2) is 0 Å². The van der Waals surface area contributed by atoms with Crippen LogP contribution in [0.4, 0.5) is 5.69 Å². The van der Waals surface area contributed by atoms with Gasteiger partial charge in [-0.2, -0.15) is 4.31 Å². The zero-order valence-electron chi connectivity index (χ0n) is 12.7. The van der Waals surface area contributed by atoms with Gasteiger partial charge >= 0.3 is 0 Å². The molecule has 1 aromatic rings. The molecule has 1 saturated heterocycles. The van der Waals surface area contributed by atoms with E-state index in [2.05, 4.69) is 5.32 Å². The van der Waals surface area contributed by atoms with E-state index in [4.69, 9.17) is 4.74 Å². The van der Waals surface area contributed by atoms with E-state index in [9.17, 15) is 13.2 Å². The van der Waals surface area contributed by atoms with Crippen LogP contribution in [0.1, 0.15) is 19.4 Å². The average Bonchev–Trinajstić information content (AvgIpc) is 2.68. The Kier molecular flexibility index (Phi) is 3.74. The third-order valence-corrected chi connectivity index (χ3v) is 5.93. The number of carbonyl (C=O) groups excluding carboxylic acids is 1. The maximum absolute atomic E-state index is 12.3. The molecule has 1 fully saturated rings. The van der Waals surface area contributed by atoms with Crippen molar-refractivity contribution in [1.29, 1.82) is 0 Å². The Labute approximate surface area is 130 Å². The van der Waals surface area contributed by atoms with Gasteiger partial charge in [0.25, 0.3) is 0 Å². The van der Waals surface area contributed by atoms with E-state index >= 15 is 0 Å². The molecule has 3 rings (SSSR count). The Bertz CT molecular complexity index is 693. The van der Waals surface area contributed by atoms with Crippen molar-refractivity contribution in [2.75, 3.05) is 30.8 Å². The molecule has 0 bridgehead atoms. The van der Waals surface area contributed by atoms with Crippen LogP contribution in [0.25, 0.3) is 0 Å². The van der Waals surface area contributed by atoms with Gasteiger partial charge in [-0.05, 0) is 25.5 Å². The van der Waals surface area contributed by atoms with E-state index in [1.165, 1.54) is 4.31 Å². The molecule has 120 valence electrons. The number of ether oxygens (including phenoxy) is 1. The Morgan fingerprint density at radius 1 is 1.32 bits per heavy atom. The van der Waals surface area contributed by atoms with Crippen LogP contribution in [0.2, 0.25) is 0 Å². The van der Waals surface area contributed by atoms with Crippen LogP contribution in [-0.2, 0) is 25.0 Å². The van der Waals surface area contributed by atoms with E-state index in [1.54, 1.807) is 0 Å². The second kappa shape index (κ2) is 5.33. The third-order valence-electron chi connectivity index (χ3n) is 4.20. The quantitative estimate of drug-likeness (QED) is 0.875. The molecule has 0 radical (unpaired) electrons. The lowest BCUT2D eigenvalue weighted by atomic mass is 9.76.